The Labute approximate surface area is 133 Å². The molecule has 1 saturated heterocycles. The van der Waals surface area contributed by atoms with Crippen LogP contribution >= 0.6 is 0 Å². The van der Waals surface area contributed by atoms with E-state index in [1.54, 1.807) is 4.90 Å². The monoisotopic (exact) mass is 331 g/mol. The highest BCUT2D eigenvalue weighted by Crippen LogP contribution is 2.23. The van der Waals surface area contributed by atoms with Crippen LogP contribution in [-0.4, -0.2) is 66.7 Å². The number of carbonyl (C=O) groups excluding carboxylic acids is 1. The van der Waals surface area contributed by atoms with Crippen LogP contribution in [0.15, 0.2) is 18.3 Å². The Kier molecular flexibility index (Phi) is 5.13. The van der Waals surface area contributed by atoms with Crippen LogP contribution in [0.4, 0.5) is 13.2 Å². The smallest absolute Gasteiger partial charge is 0.422 e. The average molecular weight is 331 g/mol. The first-order valence-corrected chi connectivity index (χ1v) is 7.28. The Balaban J connectivity index is 2.06. The summed E-state index contributed by atoms with van der Waals surface area (Å²) in [6.45, 7) is 1.85. The van der Waals surface area contributed by atoms with Crippen LogP contribution in [0.25, 0.3) is 0 Å². The summed E-state index contributed by atoms with van der Waals surface area (Å²) in [7, 11) is 3.93. The second kappa shape index (κ2) is 6.74. The van der Waals surface area contributed by atoms with Gasteiger partial charge in [0, 0.05) is 37.0 Å². The maximum absolute atomic E-state index is 12.5. The van der Waals surface area contributed by atoms with E-state index in [1.165, 1.54) is 18.3 Å². The molecule has 0 aliphatic carbocycles. The molecule has 1 fully saturated rings. The van der Waals surface area contributed by atoms with Crippen molar-refractivity contribution >= 4 is 5.91 Å². The molecular weight excluding hydrogens is 311 g/mol. The quantitative estimate of drug-likeness (QED) is 0.847. The number of alkyl halides is 3. The topological polar surface area (TPSA) is 45.7 Å². The molecule has 128 valence electrons. The zero-order valence-corrected chi connectivity index (χ0v) is 13.3. The number of hydrogen-bond acceptors (Lipinski definition) is 4. The lowest BCUT2D eigenvalue weighted by Crippen LogP contribution is -2.35. The van der Waals surface area contributed by atoms with Crippen molar-refractivity contribution in [2.45, 2.75) is 19.1 Å². The molecule has 1 amide bonds. The van der Waals surface area contributed by atoms with Gasteiger partial charge in [-0.25, -0.2) is 4.98 Å². The highest BCUT2D eigenvalue weighted by molar-refractivity contribution is 5.94. The molecule has 0 radical (unpaired) electrons. The van der Waals surface area contributed by atoms with E-state index in [4.69, 9.17) is 0 Å². The zero-order chi connectivity index (χ0) is 17.2. The van der Waals surface area contributed by atoms with Gasteiger partial charge >= 0.3 is 6.18 Å². The molecule has 1 aliphatic rings. The van der Waals surface area contributed by atoms with Crippen molar-refractivity contribution in [1.82, 2.24) is 14.8 Å². The summed E-state index contributed by atoms with van der Waals surface area (Å²) in [5.74, 6) is -0.0956. The predicted molar refractivity (Wildman–Crippen MR) is 78.3 cm³/mol. The minimum Gasteiger partial charge on any atom is -0.468 e. The lowest BCUT2D eigenvalue weighted by Gasteiger charge is -2.22. The normalized spacial score (nSPS) is 21.8. The highest BCUT2D eigenvalue weighted by atomic mass is 19.4. The molecule has 0 N–H and O–H groups in total. The number of hydrogen-bond donors (Lipinski definition) is 0. The Morgan fingerprint density at radius 2 is 2.13 bits per heavy atom. The van der Waals surface area contributed by atoms with Crippen LogP contribution in [0.3, 0.4) is 0 Å². The van der Waals surface area contributed by atoms with Gasteiger partial charge in [-0.2, -0.15) is 13.2 Å². The highest BCUT2D eigenvalue weighted by Gasteiger charge is 2.34. The number of amides is 1. The Morgan fingerprint density at radius 1 is 1.43 bits per heavy atom. The van der Waals surface area contributed by atoms with Crippen LogP contribution < -0.4 is 4.74 Å². The second-order valence-electron chi connectivity index (χ2n) is 6.00. The third-order valence-corrected chi connectivity index (χ3v) is 3.89. The van der Waals surface area contributed by atoms with E-state index in [0.717, 1.165) is 0 Å². The van der Waals surface area contributed by atoms with Crippen LogP contribution in [0.5, 0.6) is 5.88 Å². The predicted octanol–water partition coefficient (Wildman–Crippen LogP) is 2.04. The molecule has 2 unspecified atom stereocenters. The maximum Gasteiger partial charge on any atom is 0.422 e. The third kappa shape index (κ3) is 4.57. The van der Waals surface area contributed by atoms with E-state index in [-0.39, 0.29) is 23.4 Å². The van der Waals surface area contributed by atoms with Crippen molar-refractivity contribution in [2.24, 2.45) is 5.92 Å². The van der Waals surface area contributed by atoms with E-state index in [1.807, 2.05) is 14.1 Å². The van der Waals surface area contributed by atoms with Gasteiger partial charge in [0.05, 0.1) is 0 Å². The van der Waals surface area contributed by atoms with Gasteiger partial charge in [-0.3, -0.25) is 4.79 Å². The van der Waals surface area contributed by atoms with Crippen molar-refractivity contribution in [3.8, 4) is 5.88 Å². The molecule has 0 bridgehead atoms. The number of ether oxygens (including phenoxy) is 1. The first-order valence-electron chi connectivity index (χ1n) is 7.28. The lowest BCUT2D eigenvalue weighted by atomic mass is 10.1. The Hall–Kier alpha value is -1.83. The largest absolute Gasteiger partial charge is 0.468 e. The van der Waals surface area contributed by atoms with Crippen molar-refractivity contribution in [3.05, 3.63) is 23.9 Å². The molecular formula is C15H20F3N3O2. The minimum atomic E-state index is -4.44. The molecule has 8 heteroatoms. The molecule has 23 heavy (non-hydrogen) atoms. The van der Waals surface area contributed by atoms with E-state index >= 15 is 0 Å². The lowest BCUT2D eigenvalue weighted by molar-refractivity contribution is -0.154. The SMILES string of the molecule is CC1CN(C(=O)c2ccnc(OCC(F)(F)F)c2)CC1N(C)C. The van der Waals surface area contributed by atoms with Gasteiger partial charge < -0.3 is 14.5 Å². The molecule has 5 nitrogen and oxygen atoms in total. The summed E-state index contributed by atoms with van der Waals surface area (Å²) in [4.78, 5) is 20.0. The molecule has 0 spiro atoms. The number of pyridine rings is 1. The number of likely N-dealkylation sites (N-methyl/N-ethyl adjacent to an activating group) is 1. The molecule has 0 saturated carbocycles. The summed E-state index contributed by atoms with van der Waals surface area (Å²) >= 11 is 0. The van der Waals surface area contributed by atoms with E-state index in [0.29, 0.717) is 19.0 Å². The Morgan fingerprint density at radius 3 is 2.70 bits per heavy atom. The molecule has 2 rings (SSSR count). The number of rotatable bonds is 4. The molecule has 1 aliphatic heterocycles. The molecule has 2 heterocycles. The summed E-state index contributed by atoms with van der Waals surface area (Å²) in [6, 6.07) is 3.00. The standard InChI is InChI=1S/C15H20F3N3O2/c1-10-7-21(8-12(10)20(2)3)14(22)11-4-5-19-13(6-11)23-9-15(16,17)18/h4-6,10,12H,7-9H2,1-3H3. The summed E-state index contributed by atoms with van der Waals surface area (Å²) in [5, 5.41) is 0. The third-order valence-electron chi connectivity index (χ3n) is 3.89. The molecule has 2 atom stereocenters. The summed E-state index contributed by atoms with van der Waals surface area (Å²) in [6.07, 6.45) is -3.16. The van der Waals surface area contributed by atoms with Gasteiger partial charge in [0.25, 0.3) is 5.91 Å². The summed E-state index contributed by atoms with van der Waals surface area (Å²) in [5.41, 5.74) is 0.281. The maximum atomic E-state index is 12.5. The van der Waals surface area contributed by atoms with E-state index < -0.39 is 12.8 Å². The van der Waals surface area contributed by atoms with Crippen LogP contribution in [0.2, 0.25) is 0 Å². The molecule has 0 aromatic carbocycles. The Bertz CT molecular complexity index is 563. The second-order valence-corrected chi connectivity index (χ2v) is 6.00. The van der Waals surface area contributed by atoms with Crippen molar-refractivity contribution in [3.63, 3.8) is 0 Å². The fourth-order valence-electron chi connectivity index (χ4n) is 2.75. The van der Waals surface area contributed by atoms with Crippen LogP contribution in [0, 0.1) is 5.92 Å². The summed E-state index contributed by atoms with van der Waals surface area (Å²) < 4.78 is 41.1. The van der Waals surface area contributed by atoms with Gasteiger partial charge in [-0.05, 0) is 26.1 Å². The van der Waals surface area contributed by atoms with E-state index in [9.17, 15) is 18.0 Å². The fraction of sp³-hybridized carbons (Fsp3) is 0.600. The molecule has 1 aromatic heterocycles. The number of carbonyl (C=O) groups is 1. The van der Waals surface area contributed by atoms with Crippen LogP contribution in [0.1, 0.15) is 17.3 Å². The van der Waals surface area contributed by atoms with Crippen molar-refractivity contribution < 1.29 is 22.7 Å². The van der Waals surface area contributed by atoms with Crippen molar-refractivity contribution in [1.29, 1.82) is 0 Å². The van der Waals surface area contributed by atoms with Gasteiger partial charge in [0.15, 0.2) is 6.61 Å². The van der Waals surface area contributed by atoms with E-state index in [2.05, 4.69) is 21.5 Å². The van der Waals surface area contributed by atoms with Gasteiger partial charge in [-0.15, -0.1) is 0 Å². The minimum absolute atomic E-state index is 0.204. The fourth-order valence-corrected chi connectivity index (χ4v) is 2.75. The van der Waals surface area contributed by atoms with Gasteiger partial charge in [0.2, 0.25) is 5.88 Å². The average Bonchev–Trinajstić information content (AvgIpc) is 2.86. The van der Waals surface area contributed by atoms with Gasteiger partial charge in [-0.1, -0.05) is 6.92 Å². The molecule has 1 aromatic rings. The first kappa shape index (κ1) is 17.5. The zero-order valence-electron chi connectivity index (χ0n) is 13.3. The first-order chi connectivity index (χ1) is 10.7. The van der Waals surface area contributed by atoms with Gasteiger partial charge in [0.1, 0.15) is 0 Å². The van der Waals surface area contributed by atoms with Crippen LogP contribution in [-0.2, 0) is 0 Å². The number of likely N-dealkylation sites (tertiary alicyclic amines) is 1. The number of aromatic nitrogens is 1. The number of nitrogens with zero attached hydrogens (tertiary/aromatic N) is 3. The number of halogens is 3. The van der Waals surface area contributed by atoms with Crippen molar-refractivity contribution in [2.75, 3.05) is 33.8 Å².